The molecule has 2 aromatic rings. The van der Waals surface area contributed by atoms with Gasteiger partial charge < -0.3 is 20.3 Å². The molecule has 1 aromatic heterocycles. The summed E-state index contributed by atoms with van der Waals surface area (Å²) in [5.74, 6) is -2.75. The lowest BCUT2D eigenvalue weighted by atomic mass is 9.91. The van der Waals surface area contributed by atoms with Crippen LogP contribution >= 0.6 is 0 Å². The third-order valence-electron chi connectivity index (χ3n) is 5.34. The molecule has 10 heteroatoms. The molecule has 7 nitrogen and oxygen atoms in total. The number of aryl methyl sites for hydroxylation is 1. The van der Waals surface area contributed by atoms with Gasteiger partial charge >= 0.3 is 12.1 Å². The van der Waals surface area contributed by atoms with Gasteiger partial charge in [0.05, 0.1) is 6.04 Å². The first-order valence-corrected chi connectivity index (χ1v) is 10.0. The fourth-order valence-corrected chi connectivity index (χ4v) is 3.31. The van der Waals surface area contributed by atoms with Crippen molar-refractivity contribution in [2.45, 2.75) is 37.9 Å². The second-order valence-electron chi connectivity index (χ2n) is 7.64. The second kappa shape index (κ2) is 10.4. The molecule has 0 unspecified atom stereocenters. The smallest absolute Gasteiger partial charge is 0.475 e. The van der Waals surface area contributed by atoms with Crippen molar-refractivity contribution in [3.8, 4) is 11.1 Å². The van der Waals surface area contributed by atoms with Gasteiger partial charge in [-0.2, -0.15) is 13.2 Å². The molecular formula is C22H26F3N3O4. The highest BCUT2D eigenvalue weighted by molar-refractivity contribution is 5.83. The predicted molar refractivity (Wildman–Crippen MR) is 113 cm³/mol. The van der Waals surface area contributed by atoms with Crippen LogP contribution in [-0.2, 0) is 16.6 Å². The summed E-state index contributed by atoms with van der Waals surface area (Å²) in [5, 5.41) is 7.12. The SMILES string of the molecule is C[C@@H](c1ccc(-c2ccc(=O)n(C)c2)cc1)[C@H](N)C(=O)N1CCCC1.O=C(O)C(F)(F)F. The van der Waals surface area contributed by atoms with Crippen LogP contribution in [0.5, 0.6) is 0 Å². The summed E-state index contributed by atoms with van der Waals surface area (Å²) >= 11 is 0. The topological polar surface area (TPSA) is 106 Å². The van der Waals surface area contributed by atoms with Gasteiger partial charge in [-0.25, -0.2) is 4.79 Å². The van der Waals surface area contributed by atoms with Gasteiger partial charge in [-0.3, -0.25) is 9.59 Å². The fourth-order valence-electron chi connectivity index (χ4n) is 3.31. The number of benzene rings is 1. The zero-order valence-electron chi connectivity index (χ0n) is 17.8. The highest BCUT2D eigenvalue weighted by atomic mass is 19.4. The molecule has 0 radical (unpaired) electrons. The first-order valence-electron chi connectivity index (χ1n) is 10.0. The van der Waals surface area contributed by atoms with Crippen LogP contribution < -0.4 is 11.3 Å². The van der Waals surface area contributed by atoms with E-state index in [1.807, 2.05) is 48.4 Å². The molecule has 1 amide bonds. The number of aromatic nitrogens is 1. The Bertz CT molecular complexity index is 997. The van der Waals surface area contributed by atoms with Crippen LogP contribution in [0, 0.1) is 0 Å². The zero-order valence-corrected chi connectivity index (χ0v) is 17.8. The Balaban J connectivity index is 0.000000451. The van der Waals surface area contributed by atoms with E-state index < -0.39 is 18.2 Å². The fraction of sp³-hybridized carbons (Fsp3) is 0.409. The maximum Gasteiger partial charge on any atom is 0.490 e. The van der Waals surface area contributed by atoms with Crippen LogP contribution in [-0.4, -0.2) is 51.8 Å². The molecule has 1 aliphatic heterocycles. The number of carboxylic acids is 1. The van der Waals surface area contributed by atoms with Gasteiger partial charge in [0.15, 0.2) is 0 Å². The number of nitrogens with two attached hydrogens (primary N) is 1. The third-order valence-corrected chi connectivity index (χ3v) is 5.34. The number of aliphatic carboxylic acids is 1. The summed E-state index contributed by atoms with van der Waals surface area (Å²) in [6, 6.07) is 10.9. The molecule has 1 aliphatic rings. The summed E-state index contributed by atoms with van der Waals surface area (Å²) < 4.78 is 33.3. The predicted octanol–water partition coefficient (Wildman–Crippen LogP) is 2.74. The number of carboxylic acid groups (broad SMARTS) is 1. The number of alkyl halides is 3. The summed E-state index contributed by atoms with van der Waals surface area (Å²) in [7, 11) is 1.74. The highest BCUT2D eigenvalue weighted by Crippen LogP contribution is 2.25. The molecule has 3 N–H and O–H groups in total. The molecule has 32 heavy (non-hydrogen) atoms. The van der Waals surface area contributed by atoms with Gasteiger partial charge in [0.1, 0.15) is 0 Å². The van der Waals surface area contributed by atoms with E-state index in [0.717, 1.165) is 42.6 Å². The van der Waals surface area contributed by atoms with E-state index in [1.165, 1.54) is 0 Å². The van der Waals surface area contributed by atoms with Gasteiger partial charge in [0.2, 0.25) is 11.5 Å². The van der Waals surface area contributed by atoms with Crippen molar-refractivity contribution in [1.82, 2.24) is 9.47 Å². The largest absolute Gasteiger partial charge is 0.490 e. The van der Waals surface area contributed by atoms with Crippen LogP contribution in [0.4, 0.5) is 13.2 Å². The molecule has 0 aliphatic carbocycles. The maximum absolute atomic E-state index is 12.5. The van der Waals surface area contributed by atoms with E-state index in [1.54, 1.807) is 17.7 Å². The number of nitrogens with zero attached hydrogens (tertiary/aromatic N) is 2. The standard InChI is InChI=1S/C20H25N3O2.C2HF3O2/c1-14(19(21)20(25)23-11-3-4-12-23)15-5-7-16(8-6-15)17-9-10-18(24)22(2)13-17;3-2(4,5)1(6)7/h5-10,13-14,19H,3-4,11-12,21H2,1-2H3;(H,6,7)/t14-,19-;/m0./s1. The second-order valence-corrected chi connectivity index (χ2v) is 7.64. The number of pyridine rings is 1. The van der Waals surface area contributed by atoms with E-state index in [-0.39, 0.29) is 17.4 Å². The zero-order chi connectivity index (χ0) is 24.1. The minimum absolute atomic E-state index is 0.0274. The van der Waals surface area contributed by atoms with Gasteiger partial charge in [-0.15, -0.1) is 0 Å². The van der Waals surface area contributed by atoms with Crippen molar-refractivity contribution < 1.29 is 27.9 Å². The lowest BCUT2D eigenvalue weighted by molar-refractivity contribution is -0.192. The van der Waals surface area contributed by atoms with Gasteiger partial charge in [0, 0.05) is 38.3 Å². The van der Waals surface area contributed by atoms with Crippen LogP contribution in [0.3, 0.4) is 0 Å². The van der Waals surface area contributed by atoms with E-state index in [2.05, 4.69) is 0 Å². The molecule has 0 bridgehead atoms. The lowest BCUT2D eigenvalue weighted by Gasteiger charge is -2.25. The average molecular weight is 453 g/mol. The van der Waals surface area contributed by atoms with Gasteiger partial charge in [-0.1, -0.05) is 31.2 Å². The minimum Gasteiger partial charge on any atom is -0.475 e. The van der Waals surface area contributed by atoms with Crippen LogP contribution in [0.1, 0.15) is 31.2 Å². The molecule has 0 saturated carbocycles. The molecule has 1 saturated heterocycles. The first-order chi connectivity index (χ1) is 14.9. The number of amides is 1. The van der Waals surface area contributed by atoms with E-state index >= 15 is 0 Å². The highest BCUT2D eigenvalue weighted by Gasteiger charge is 2.38. The van der Waals surface area contributed by atoms with Gasteiger partial charge in [0.25, 0.3) is 0 Å². The molecule has 2 heterocycles. The molecule has 3 rings (SSSR count). The number of halogens is 3. The van der Waals surface area contributed by atoms with E-state index in [9.17, 15) is 22.8 Å². The molecule has 1 aromatic carbocycles. The number of rotatable bonds is 4. The Morgan fingerprint density at radius 2 is 1.53 bits per heavy atom. The van der Waals surface area contributed by atoms with Crippen LogP contribution in [0.15, 0.2) is 47.4 Å². The number of likely N-dealkylation sites (tertiary alicyclic amines) is 1. The van der Waals surface area contributed by atoms with Crippen molar-refractivity contribution in [3.05, 3.63) is 58.5 Å². The lowest BCUT2D eigenvalue weighted by Crippen LogP contribution is -2.45. The minimum atomic E-state index is -5.08. The molecule has 2 atom stereocenters. The van der Waals surface area contributed by atoms with Gasteiger partial charge in [-0.05, 0) is 35.6 Å². The Hall–Kier alpha value is -3.14. The average Bonchev–Trinajstić information content (AvgIpc) is 3.29. The van der Waals surface area contributed by atoms with Crippen molar-refractivity contribution >= 4 is 11.9 Å². The normalized spacial score (nSPS) is 15.5. The van der Waals surface area contributed by atoms with Crippen LogP contribution in [0.2, 0.25) is 0 Å². The number of carbonyl (C=O) groups is 2. The van der Waals surface area contributed by atoms with Crippen LogP contribution in [0.25, 0.3) is 11.1 Å². The molecular weight excluding hydrogens is 427 g/mol. The number of carbonyl (C=O) groups excluding carboxylic acids is 1. The molecule has 174 valence electrons. The monoisotopic (exact) mass is 453 g/mol. The summed E-state index contributed by atoms with van der Waals surface area (Å²) in [4.78, 5) is 34.8. The Morgan fingerprint density at radius 1 is 1.03 bits per heavy atom. The quantitative estimate of drug-likeness (QED) is 0.741. The Labute approximate surface area is 183 Å². The Morgan fingerprint density at radius 3 is 2.00 bits per heavy atom. The first kappa shape index (κ1) is 25.1. The summed E-state index contributed by atoms with van der Waals surface area (Å²) in [6.45, 7) is 3.65. The summed E-state index contributed by atoms with van der Waals surface area (Å²) in [5.41, 5.74) is 9.27. The number of hydrogen-bond acceptors (Lipinski definition) is 4. The van der Waals surface area contributed by atoms with Crippen molar-refractivity contribution in [2.75, 3.05) is 13.1 Å². The van der Waals surface area contributed by atoms with Crippen molar-refractivity contribution in [2.24, 2.45) is 12.8 Å². The summed E-state index contributed by atoms with van der Waals surface area (Å²) in [6.07, 6.45) is -1.12. The Kier molecular flexibility index (Phi) is 8.20. The number of hydrogen-bond donors (Lipinski definition) is 2. The molecule has 1 fully saturated rings. The van der Waals surface area contributed by atoms with Crippen molar-refractivity contribution in [3.63, 3.8) is 0 Å². The third kappa shape index (κ3) is 6.43. The molecule has 0 spiro atoms. The maximum atomic E-state index is 12.5. The van der Waals surface area contributed by atoms with E-state index in [0.29, 0.717) is 0 Å². The van der Waals surface area contributed by atoms with E-state index in [4.69, 9.17) is 15.6 Å². The van der Waals surface area contributed by atoms with Crippen molar-refractivity contribution in [1.29, 1.82) is 0 Å².